The lowest BCUT2D eigenvalue weighted by molar-refractivity contribution is 0.0332. The molecule has 3 rings (SSSR count). The molecule has 1 amide bonds. The minimum atomic E-state index is -3.15. The van der Waals surface area contributed by atoms with Crippen LogP contribution in [0.15, 0.2) is 24.3 Å². The molecule has 26 heavy (non-hydrogen) atoms. The molecule has 1 aromatic rings. The highest BCUT2D eigenvalue weighted by Gasteiger charge is 2.47. The van der Waals surface area contributed by atoms with Gasteiger partial charge in [-0.2, -0.15) is 0 Å². The predicted octanol–water partition coefficient (Wildman–Crippen LogP) is 0.807. The predicted molar refractivity (Wildman–Crippen MR) is 96.9 cm³/mol. The third kappa shape index (κ3) is 3.61. The molecule has 0 radical (unpaired) electrons. The van der Waals surface area contributed by atoms with Crippen molar-refractivity contribution in [3.63, 3.8) is 0 Å². The number of nitrogens with zero attached hydrogens (tertiary/aromatic N) is 2. The number of esters is 1. The topological polar surface area (TPSA) is 84.0 Å². The van der Waals surface area contributed by atoms with Crippen LogP contribution in [0.4, 0.5) is 0 Å². The van der Waals surface area contributed by atoms with Crippen molar-refractivity contribution in [3.05, 3.63) is 35.4 Å². The van der Waals surface area contributed by atoms with Crippen molar-refractivity contribution in [2.75, 3.05) is 38.2 Å². The van der Waals surface area contributed by atoms with Crippen LogP contribution in [0.3, 0.4) is 0 Å². The Morgan fingerprint density at radius 3 is 2.31 bits per heavy atom. The summed E-state index contributed by atoms with van der Waals surface area (Å²) in [5, 5.41) is 0. The van der Waals surface area contributed by atoms with Crippen molar-refractivity contribution in [1.29, 1.82) is 0 Å². The number of piperazine rings is 1. The number of methoxy groups -OCH3 is 1. The lowest BCUT2D eigenvalue weighted by atomic mass is 10.0. The zero-order valence-electron chi connectivity index (χ0n) is 15.1. The maximum absolute atomic E-state index is 13.0. The molecule has 2 saturated heterocycles. The third-order valence-electron chi connectivity index (χ3n) is 5.12. The smallest absolute Gasteiger partial charge is 0.337 e. The minimum Gasteiger partial charge on any atom is -0.465 e. The molecule has 7 nitrogen and oxygen atoms in total. The molecule has 1 aromatic carbocycles. The first-order valence-electron chi connectivity index (χ1n) is 8.80. The highest BCUT2D eigenvalue weighted by atomic mass is 32.2. The molecule has 0 spiro atoms. The van der Waals surface area contributed by atoms with Crippen LogP contribution in [-0.4, -0.2) is 80.4 Å². The van der Waals surface area contributed by atoms with E-state index in [-0.39, 0.29) is 29.5 Å². The summed E-state index contributed by atoms with van der Waals surface area (Å²) in [5.41, 5.74) is 0.822. The quantitative estimate of drug-likeness (QED) is 0.719. The number of hydrogen-bond acceptors (Lipinski definition) is 6. The molecule has 0 aromatic heterocycles. The molecule has 0 bridgehead atoms. The van der Waals surface area contributed by atoms with E-state index >= 15 is 0 Å². The van der Waals surface area contributed by atoms with Gasteiger partial charge in [-0.25, -0.2) is 13.2 Å². The molecule has 0 N–H and O–H groups in total. The molecule has 0 saturated carbocycles. The summed E-state index contributed by atoms with van der Waals surface area (Å²) in [7, 11) is -1.84. The average molecular weight is 380 g/mol. The van der Waals surface area contributed by atoms with E-state index in [1.807, 2.05) is 0 Å². The molecule has 2 heterocycles. The van der Waals surface area contributed by atoms with Gasteiger partial charge in [0.15, 0.2) is 9.84 Å². The Morgan fingerprint density at radius 1 is 1.08 bits per heavy atom. The van der Waals surface area contributed by atoms with Crippen molar-refractivity contribution in [2.45, 2.75) is 25.4 Å². The lowest BCUT2D eigenvalue weighted by Gasteiger charge is -2.43. The first-order chi connectivity index (χ1) is 12.4. The number of benzene rings is 1. The van der Waals surface area contributed by atoms with E-state index in [0.29, 0.717) is 24.2 Å². The van der Waals surface area contributed by atoms with E-state index < -0.39 is 15.8 Å². The molecular weight excluding hydrogens is 356 g/mol. The Morgan fingerprint density at radius 2 is 1.69 bits per heavy atom. The Bertz CT molecular complexity index is 790. The summed E-state index contributed by atoms with van der Waals surface area (Å²) in [6, 6.07) is 5.83. The molecule has 0 unspecified atom stereocenters. The maximum Gasteiger partial charge on any atom is 0.337 e. The molecule has 2 atom stereocenters. The first kappa shape index (κ1) is 18.8. The fourth-order valence-electron chi connectivity index (χ4n) is 3.87. The van der Waals surface area contributed by atoms with E-state index in [1.54, 1.807) is 29.2 Å². The molecular formula is C18H24N2O5S. The van der Waals surface area contributed by atoms with E-state index in [9.17, 15) is 18.0 Å². The standard InChI is InChI=1S/C18H24N2O5S/c1-3-8-19-9-10-20(16-12-26(23,24)11-15(16)19)17(21)13-4-6-14(7-5-13)18(22)25-2/h4-7,15-16H,3,8-12H2,1-2H3/t15-,16+/m1/s1. The van der Waals surface area contributed by atoms with Gasteiger partial charge < -0.3 is 9.64 Å². The van der Waals surface area contributed by atoms with Crippen LogP contribution in [0.25, 0.3) is 0 Å². The van der Waals surface area contributed by atoms with Crippen LogP contribution in [0, 0.1) is 0 Å². The molecule has 2 aliphatic rings. The molecule has 2 aliphatic heterocycles. The summed E-state index contributed by atoms with van der Waals surface area (Å²) < 4.78 is 29.0. The van der Waals surface area contributed by atoms with E-state index in [4.69, 9.17) is 0 Å². The minimum absolute atomic E-state index is 0.0177. The summed E-state index contributed by atoms with van der Waals surface area (Å²) in [5.74, 6) is -0.518. The molecule has 8 heteroatoms. The Labute approximate surface area is 153 Å². The van der Waals surface area contributed by atoms with Crippen LogP contribution in [-0.2, 0) is 14.6 Å². The van der Waals surface area contributed by atoms with Gasteiger partial charge in [-0.1, -0.05) is 6.92 Å². The second-order valence-corrected chi connectivity index (χ2v) is 8.97. The number of ether oxygens (including phenoxy) is 1. The zero-order valence-corrected chi connectivity index (χ0v) is 15.9. The van der Waals surface area contributed by atoms with Crippen LogP contribution in [0.2, 0.25) is 0 Å². The Kier molecular flexibility index (Phi) is 5.34. The van der Waals surface area contributed by atoms with Crippen LogP contribution >= 0.6 is 0 Å². The number of amides is 1. The Balaban J connectivity index is 1.82. The molecule has 142 valence electrons. The number of hydrogen-bond donors (Lipinski definition) is 0. The van der Waals surface area contributed by atoms with Crippen molar-refractivity contribution < 1.29 is 22.7 Å². The van der Waals surface area contributed by atoms with Crippen LogP contribution in [0.1, 0.15) is 34.1 Å². The van der Waals surface area contributed by atoms with Gasteiger partial charge in [0.05, 0.1) is 30.2 Å². The van der Waals surface area contributed by atoms with Gasteiger partial charge in [0, 0.05) is 24.7 Å². The van der Waals surface area contributed by atoms with Crippen molar-refractivity contribution in [2.24, 2.45) is 0 Å². The number of sulfone groups is 1. The largest absolute Gasteiger partial charge is 0.465 e. The van der Waals surface area contributed by atoms with Gasteiger partial charge in [-0.15, -0.1) is 0 Å². The van der Waals surface area contributed by atoms with Gasteiger partial charge >= 0.3 is 5.97 Å². The SMILES string of the molecule is CCCN1CCN(C(=O)c2ccc(C(=O)OC)cc2)[C@H]2CS(=O)(=O)C[C@H]21. The Hall–Kier alpha value is -1.93. The highest BCUT2D eigenvalue weighted by molar-refractivity contribution is 7.91. The monoisotopic (exact) mass is 380 g/mol. The van der Waals surface area contributed by atoms with E-state index in [2.05, 4.69) is 16.6 Å². The maximum atomic E-state index is 13.0. The second kappa shape index (κ2) is 7.36. The van der Waals surface area contributed by atoms with Crippen molar-refractivity contribution in [3.8, 4) is 0 Å². The van der Waals surface area contributed by atoms with Gasteiger partial charge in [-0.05, 0) is 37.2 Å². The third-order valence-corrected chi connectivity index (χ3v) is 6.81. The van der Waals surface area contributed by atoms with Gasteiger partial charge in [-0.3, -0.25) is 9.69 Å². The fourth-order valence-corrected chi connectivity index (χ4v) is 5.89. The molecule has 2 fully saturated rings. The van der Waals surface area contributed by atoms with Gasteiger partial charge in [0.1, 0.15) is 0 Å². The van der Waals surface area contributed by atoms with Gasteiger partial charge in [0.2, 0.25) is 0 Å². The number of carbonyl (C=O) groups is 2. The van der Waals surface area contributed by atoms with Crippen molar-refractivity contribution in [1.82, 2.24) is 9.80 Å². The normalized spacial score (nSPS) is 24.9. The average Bonchev–Trinajstić information content (AvgIpc) is 2.96. The number of fused-ring (bicyclic) bond motifs is 1. The summed E-state index contributed by atoms with van der Waals surface area (Å²) in [6.07, 6.45) is 0.951. The molecule has 0 aliphatic carbocycles. The first-order valence-corrected chi connectivity index (χ1v) is 10.6. The van der Waals surface area contributed by atoms with Gasteiger partial charge in [0.25, 0.3) is 5.91 Å². The fraction of sp³-hybridized carbons (Fsp3) is 0.556. The van der Waals surface area contributed by atoms with Crippen LogP contribution < -0.4 is 0 Å². The number of rotatable bonds is 4. The highest BCUT2D eigenvalue weighted by Crippen LogP contribution is 2.28. The van der Waals surface area contributed by atoms with E-state index in [1.165, 1.54) is 7.11 Å². The summed E-state index contributed by atoms with van der Waals surface area (Å²) in [6.45, 7) is 4.09. The second-order valence-electron chi connectivity index (χ2n) is 6.82. The van der Waals surface area contributed by atoms with Crippen LogP contribution in [0.5, 0.6) is 0 Å². The lowest BCUT2D eigenvalue weighted by Crippen LogP contribution is -2.60. The van der Waals surface area contributed by atoms with Crippen molar-refractivity contribution >= 4 is 21.7 Å². The summed E-state index contributed by atoms with van der Waals surface area (Å²) >= 11 is 0. The summed E-state index contributed by atoms with van der Waals surface area (Å²) in [4.78, 5) is 28.4. The van der Waals surface area contributed by atoms with E-state index in [0.717, 1.165) is 13.0 Å². The zero-order chi connectivity index (χ0) is 18.9. The number of carbonyl (C=O) groups excluding carboxylic acids is 2.